The van der Waals surface area contributed by atoms with E-state index in [-0.39, 0.29) is 6.09 Å². The van der Waals surface area contributed by atoms with Gasteiger partial charge in [-0.15, -0.1) is 0 Å². The number of aryl methyl sites for hydroxylation is 1. The van der Waals surface area contributed by atoms with Gasteiger partial charge in [0.15, 0.2) is 0 Å². The van der Waals surface area contributed by atoms with E-state index in [4.69, 9.17) is 19.4 Å². The third-order valence-corrected chi connectivity index (χ3v) is 9.49. The molecular weight excluding hydrogens is 528 g/mol. The molecule has 3 fully saturated rings. The maximum Gasteiger partial charge on any atom is 0.409 e. The monoisotopic (exact) mass is 568 g/mol. The molecule has 0 bridgehead atoms. The Labute approximate surface area is 239 Å². The molecule has 3 aromatic rings. The molecule has 3 aliphatic rings. The number of nitrogens with zero attached hydrogens (tertiary/aromatic N) is 7. The van der Waals surface area contributed by atoms with Gasteiger partial charge in [0.2, 0.25) is 0 Å². The minimum Gasteiger partial charge on any atom is -0.453 e. The molecule has 1 amide bonds. The van der Waals surface area contributed by atoms with Crippen LogP contribution in [0.1, 0.15) is 68.1 Å². The number of amides is 1. The van der Waals surface area contributed by atoms with Gasteiger partial charge in [0.25, 0.3) is 0 Å². The number of ether oxygens (including phenoxy) is 2. The first-order valence-corrected chi connectivity index (χ1v) is 15.4. The zero-order chi connectivity index (χ0) is 27.5. The number of rotatable bonds is 6. The van der Waals surface area contributed by atoms with Crippen LogP contribution < -0.4 is 5.32 Å². The van der Waals surface area contributed by atoms with Gasteiger partial charge in [-0.25, -0.2) is 14.8 Å². The predicted octanol–water partition coefficient (Wildman–Crippen LogP) is 4.03. The molecule has 12 heteroatoms. The maximum atomic E-state index is 12.0. The van der Waals surface area contributed by atoms with Gasteiger partial charge in [0.1, 0.15) is 16.5 Å². The molecule has 216 valence electrons. The van der Waals surface area contributed by atoms with Crippen LogP contribution in [-0.2, 0) is 15.9 Å². The number of hydrogen-bond donors (Lipinski definition) is 1. The molecule has 1 aliphatic carbocycles. The van der Waals surface area contributed by atoms with E-state index in [9.17, 15) is 4.79 Å². The van der Waals surface area contributed by atoms with Gasteiger partial charge in [0.05, 0.1) is 30.4 Å². The molecule has 6 rings (SSSR count). The summed E-state index contributed by atoms with van der Waals surface area (Å²) in [6, 6.07) is 1.34. The topological polar surface area (TPSA) is 111 Å². The third kappa shape index (κ3) is 6.08. The lowest BCUT2D eigenvalue weighted by Gasteiger charge is -2.36. The van der Waals surface area contributed by atoms with Gasteiger partial charge in [-0.1, -0.05) is 0 Å². The van der Waals surface area contributed by atoms with Crippen molar-refractivity contribution >= 4 is 33.7 Å². The summed E-state index contributed by atoms with van der Waals surface area (Å²) in [6.07, 6.45) is 12.0. The fourth-order valence-corrected chi connectivity index (χ4v) is 7.21. The van der Waals surface area contributed by atoms with Crippen LogP contribution in [0.25, 0.3) is 10.2 Å². The van der Waals surface area contributed by atoms with Gasteiger partial charge in [-0.3, -0.25) is 9.58 Å². The van der Waals surface area contributed by atoms with Crippen LogP contribution in [0.3, 0.4) is 0 Å². The third-order valence-electron chi connectivity index (χ3n) is 8.65. The Morgan fingerprint density at radius 3 is 2.70 bits per heavy atom. The van der Waals surface area contributed by atoms with Gasteiger partial charge >= 0.3 is 6.09 Å². The SMILES string of the molecule is COC(=O)N1CCCN(C2CCC(Nc3nc(Cc4cnn(C5CCOCC5)c4)nc4snc(C)c34)CC2)CC1. The van der Waals surface area contributed by atoms with Crippen molar-refractivity contribution in [2.45, 2.75) is 76.4 Å². The fourth-order valence-electron chi connectivity index (χ4n) is 6.41. The fraction of sp³-hybridized carbons (Fsp3) is 0.679. The van der Waals surface area contributed by atoms with Crippen LogP contribution in [0.2, 0.25) is 0 Å². The summed E-state index contributed by atoms with van der Waals surface area (Å²) in [5.74, 6) is 1.72. The Morgan fingerprint density at radius 1 is 1.07 bits per heavy atom. The molecule has 0 spiro atoms. The number of carbonyl (C=O) groups excluding carboxylic acids is 1. The van der Waals surface area contributed by atoms with Crippen molar-refractivity contribution in [2.24, 2.45) is 0 Å². The maximum absolute atomic E-state index is 12.0. The van der Waals surface area contributed by atoms with Crippen molar-refractivity contribution in [1.82, 2.24) is 33.9 Å². The van der Waals surface area contributed by atoms with Crippen LogP contribution in [0.5, 0.6) is 0 Å². The average Bonchev–Trinajstić information content (AvgIpc) is 3.52. The predicted molar refractivity (Wildman–Crippen MR) is 154 cm³/mol. The molecule has 2 saturated heterocycles. The Morgan fingerprint density at radius 2 is 1.90 bits per heavy atom. The quantitative estimate of drug-likeness (QED) is 0.471. The molecule has 0 radical (unpaired) electrons. The number of carbonyl (C=O) groups is 1. The molecule has 0 unspecified atom stereocenters. The van der Waals surface area contributed by atoms with Crippen molar-refractivity contribution < 1.29 is 14.3 Å². The summed E-state index contributed by atoms with van der Waals surface area (Å²) in [5.41, 5.74) is 2.11. The minimum atomic E-state index is -0.211. The van der Waals surface area contributed by atoms with Crippen LogP contribution >= 0.6 is 11.5 Å². The Bertz CT molecular complexity index is 1300. The van der Waals surface area contributed by atoms with Crippen molar-refractivity contribution in [3.8, 4) is 0 Å². The molecule has 5 heterocycles. The Kier molecular flexibility index (Phi) is 8.45. The second-order valence-corrected chi connectivity index (χ2v) is 12.0. The van der Waals surface area contributed by atoms with E-state index in [0.717, 1.165) is 117 Å². The molecule has 1 N–H and O–H groups in total. The molecular formula is C28H40N8O3S. The number of fused-ring (bicyclic) bond motifs is 1. The van der Waals surface area contributed by atoms with Crippen LogP contribution in [-0.4, -0.2) is 98.6 Å². The summed E-state index contributed by atoms with van der Waals surface area (Å²) >= 11 is 1.45. The lowest BCUT2D eigenvalue weighted by molar-refractivity contribution is 0.0662. The second-order valence-electron chi connectivity index (χ2n) is 11.3. The van der Waals surface area contributed by atoms with E-state index in [0.29, 0.717) is 24.5 Å². The van der Waals surface area contributed by atoms with Crippen molar-refractivity contribution in [2.75, 3.05) is 51.8 Å². The minimum absolute atomic E-state index is 0.211. The van der Waals surface area contributed by atoms with E-state index in [1.54, 1.807) is 0 Å². The molecule has 11 nitrogen and oxygen atoms in total. The van der Waals surface area contributed by atoms with E-state index in [1.165, 1.54) is 18.6 Å². The highest BCUT2D eigenvalue weighted by Crippen LogP contribution is 2.31. The summed E-state index contributed by atoms with van der Waals surface area (Å²) in [5, 5.41) is 9.48. The molecule has 1 saturated carbocycles. The highest BCUT2D eigenvalue weighted by Gasteiger charge is 2.29. The van der Waals surface area contributed by atoms with Gasteiger partial charge in [-0.05, 0) is 69.0 Å². The number of anilines is 1. The largest absolute Gasteiger partial charge is 0.453 e. The van der Waals surface area contributed by atoms with Gasteiger partial charge in [0, 0.05) is 64.1 Å². The first-order valence-electron chi connectivity index (χ1n) is 14.6. The Balaban J connectivity index is 1.10. The highest BCUT2D eigenvalue weighted by molar-refractivity contribution is 7.13. The normalized spacial score (nSPS) is 23.3. The number of methoxy groups -OCH3 is 1. The van der Waals surface area contributed by atoms with Crippen molar-refractivity contribution in [1.29, 1.82) is 0 Å². The molecule has 0 atom stereocenters. The van der Waals surface area contributed by atoms with Crippen LogP contribution in [0, 0.1) is 6.92 Å². The smallest absolute Gasteiger partial charge is 0.409 e. The molecule has 2 aliphatic heterocycles. The van der Waals surface area contributed by atoms with Crippen molar-refractivity contribution in [3.05, 3.63) is 29.5 Å². The van der Waals surface area contributed by atoms with Gasteiger partial charge < -0.3 is 19.7 Å². The molecule has 0 aromatic carbocycles. The van der Waals surface area contributed by atoms with E-state index < -0.39 is 0 Å². The van der Waals surface area contributed by atoms with E-state index in [2.05, 4.69) is 30.6 Å². The highest BCUT2D eigenvalue weighted by atomic mass is 32.1. The number of aromatic nitrogens is 5. The lowest BCUT2D eigenvalue weighted by Crippen LogP contribution is -2.43. The van der Waals surface area contributed by atoms with Crippen molar-refractivity contribution in [3.63, 3.8) is 0 Å². The zero-order valence-electron chi connectivity index (χ0n) is 23.5. The van der Waals surface area contributed by atoms with Gasteiger partial charge in [-0.2, -0.15) is 9.47 Å². The van der Waals surface area contributed by atoms with Crippen LogP contribution in [0.4, 0.5) is 10.6 Å². The second kappa shape index (κ2) is 12.4. The summed E-state index contributed by atoms with van der Waals surface area (Å²) in [6.45, 7) is 7.11. The first-order chi connectivity index (χ1) is 19.6. The first kappa shape index (κ1) is 27.3. The standard InChI is InChI=1S/C28H40N8O3S/c1-19-25-26(30-21-4-6-22(7-5-21)34-10-3-11-35(13-12-34)28(37)38-2)31-24(32-27(25)40-33-19)16-20-17-29-36(18-20)23-8-14-39-15-9-23/h17-18,21-23H,3-16H2,1-2H3,(H,30,31,32). The number of nitrogens with one attached hydrogen (secondary N) is 1. The summed E-state index contributed by atoms with van der Waals surface area (Å²) < 4.78 is 17.1. The summed E-state index contributed by atoms with van der Waals surface area (Å²) in [7, 11) is 1.46. The average molecular weight is 569 g/mol. The summed E-state index contributed by atoms with van der Waals surface area (Å²) in [4.78, 5) is 27.2. The van der Waals surface area contributed by atoms with Crippen LogP contribution in [0.15, 0.2) is 12.4 Å². The molecule has 40 heavy (non-hydrogen) atoms. The lowest BCUT2D eigenvalue weighted by atomic mass is 9.90. The Hall–Kier alpha value is -2.83. The number of hydrogen-bond acceptors (Lipinski definition) is 10. The zero-order valence-corrected chi connectivity index (χ0v) is 24.4. The van der Waals surface area contributed by atoms with E-state index >= 15 is 0 Å². The molecule has 3 aromatic heterocycles. The van der Waals surface area contributed by atoms with E-state index in [1.807, 2.05) is 18.0 Å².